The predicted octanol–water partition coefficient (Wildman–Crippen LogP) is 3.80. The van der Waals surface area contributed by atoms with E-state index in [0.29, 0.717) is 27.9 Å². The fraction of sp³-hybridized carbons (Fsp3) is 0.150. The van der Waals surface area contributed by atoms with Gasteiger partial charge in [-0.05, 0) is 35.9 Å². The Morgan fingerprint density at radius 1 is 1.37 bits per heavy atom. The van der Waals surface area contributed by atoms with Gasteiger partial charge in [0.15, 0.2) is 16.6 Å². The third-order valence-electron chi connectivity index (χ3n) is 3.94. The Morgan fingerprint density at radius 3 is 2.90 bits per heavy atom. The standard InChI is InChI=1S/C20H18ClFN4O3S/c1-28-18-7-12(9-24-26-19(27)8-13-11-30-20(23)25-13)5-6-17(18)29-10-14-15(21)3-2-4-16(14)22/h2-7,9,11H,8,10H2,1H3,(H2,23,25)(H,26,27)/b24-9+. The highest BCUT2D eigenvalue weighted by atomic mass is 35.5. The van der Waals surface area contributed by atoms with Gasteiger partial charge in [-0.3, -0.25) is 4.79 Å². The summed E-state index contributed by atoms with van der Waals surface area (Å²) in [5, 5.41) is 6.34. The minimum atomic E-state index is -0.443. The quantitative estimate of drug-likeness (QED) is 0.403. The predicted molar refractivity (Wildman–Crippen MR) is 115 cm³/mol. The minimum Gasteiger partial charge on any atom is -0.493 e. The molecule has 3 N–H and O–H groups in total. The van der Waals surface area contributed by atoms with Crippen LogP contribution >= 0.6 is 22.9 Å². The zero-order valence-corrected chi connectivity index (χ0v) is 17.5. The van der Waals surface area contributed by atoms with Gasteiger partial charge < -0.3 is 15.2 Å². The number of methoxy groups -OCH3 is 1. The van der Waals surface area contributed by atoms with Crippen LogP contribution in [0.25, 0.3) is 0 Å². The van der Waals surface area contributed by atoms with Gasteiger partial charge in [0, 0.05) is 10.9 Å². The molecule has 3 aromatic rings. The molecular weight excluding hydrogens is 431 g/mol. The molecule has 0 saturated heterocycles. The molecule has 10 heteroatoms. The average Bonchev–Trinajstić information content (AvgIpc) is 3.12. The Bertz CT molecular complexity index is 1050. The van der Waals surface area contributed by atoms with Crippen molar-refractivity contribution in [2.75, 3.05) is 12.8 Å². The van der Waals surface area contributed by atoms with Crippen LogP contribution in [0.5, 0.6) is 11.5 Å². The molecular formula is C20H18ClFN4O3S. The van der Waals surface area contributed by atoms with Crippen LogP contribution in [0.4, 0.5) is 9.52 Å². The van der Waals surface area contributed by atoms with Crippen LogP contribution in [-0.2, 0) is 17.8 Å². The first kappa shape index (κ1) is 21.5. The van der Waals surface area contributed by atoms with E-state index in [-0.39, 0.29) is 29.5 Å². The number of aromatic nitrogens is 1. The number of rotatable bonds is 8. The lowest BCUT2D eigenvalue weighted by atomic mass is 10.2. The van der Waals surface area contributed by atoms with E-state index in [9.17, 15) is 9.18 Å². The number of ether oxygens (including phenoxy) is 2. The third kappa shape index (κ3) is 5.68. The average molecular weight is 449 g/mol. The molecule has 1 amide bonds. The van der Waals surface area contributed by atoms with Gasteiger partial charge in [0.25, 0.3) is 0 Å². The lowest BCUT2D eigenvalue weighted by Gasteiger charge is -2.12. The van der Waals surface area contributed by atoms with Crippen molar-refractivity contribution >= 4 is 40.2 Å². The number of nitrogens with one attached hydrogen (secondary N) is 1. The van der Waals surface area contributed by atoms with Gasteiger partial charge in [-0.2, -0.15) is 5.10 Å². The zero-order chi connectivity index (χ0) is 21.5. The number of nitrogens with zero attached hydrogens (tertiary/aromatic N) is 2. The Hall–Kier alpha value is -3.17. The van der Waals surface area contributed by atoms with Gasteiger partial charge in [0.05, 0.1) is 30.5 Å². The number of nitrogen functional groups attached to an aromatic ring is 1. The van der Waals surface area contributed by atoms with Gasteiger partial charge in [-0.1, -0.05) is 17.7 Å². The molecule has 30 heavy (non-hydrogen) atoms. The number of carbonyl (C=O) groups excluding carboxylic acids is 1. The minimum absolute atomic E-state index is 0.0491. The maximum absolute atomic E-state index is 13.9. The molecule has 0 bridgehead atoms. The van der Waals surface area contributed by atoms with Crippen molar-refractivity contribution in [2.45, 2.75) is 13.0 Å². The summed E-state index contributed by atoms with van der Waals surface area (Å²) in [6.45, 7) is -0.0491. The van der Waals surface area contributed by atoms with Crippen LogP contribution in [0.3, 0.4) is 0 Å². The van der Waals surface area contributed by atoms with Gasteiger partial charge in [0.1, 0.15) is 12.4 Å². The number of benzene rings is 2. The van der Waals surface area contributed by atoms with E-state index in [4.69, 9.17) is 26.8 Å². The van der Waals surface area contributed by atoms with E-state index in [1.165, 1.54) is 36.8 Å². The lowest BCUT2D eigenvalue weighted by Crippen LogP contribution is -2.19. The van der Waals surface area contributed by atoms with Crippen LogP contribution in [0.2, 0.25) is 5.02 Å². The van der Waals surface area contributed by atoms with Gasteiger partial charge in [-0.15, -0.1) is 11.3 Å². The molecule has 2 aromatic carbocycles. The van der Waals surface area contributed by atoms with E-state index >= 15 is 0 Å². The lowest BCUT2D eigenvalue weighted by molar-refractivity contribution is -0.120. The third-order valence-corrected chi connectivity index (χ3v) is 5.01. The van der Waals surface area contributed by atoms with Crippen molar-refractivity contribution in [1.29, 1.82) is 0 Å². The van der Waals surface area contributed by atoms with E-state index in [0.717, 1.165) is 0 Å². The summed E-state index contributed by atoms with van der Waals surface area (Å²) in [4.78, 5) is 15.9. The van der Waals surface area contributed by atoms with Gasteiger partial charge in [0.2, 0.25) is 5.91 Å². The molecule has 0 unspecified atom stereocenters. The monoisotopic (exact) mass is 448 g/mol. The number of hydrazone groups is 1. The second kappa shape index (κ2) is 10.0. The second-order valence-electron chi connectivity index (χ2n) is 6.05. The summed E-state index contributed by atoms with van der Waals surface area (Å²) in [5.74, 6) is 0.0846. The van der Waals surface area contributed by atoms with E-state index in [2.05, 4.69) is 15.5 Å². The first-order valence-electron chi connectivity index (χ1n) is 8.71. The molecule has 0 radical (unpaired) electrons. The van der Waals surface area contributed by atoms with Crippen molar-refractivity contribution in [3.05, 3.63) is 69.4 Å². The van der Waals surface area contributed by atoms with Crippen molar-refractivity contribution < 1.29 is 18.7 Å². The highest BCUT2D eigenvalue weighted by Crippen LogP contribution is 2.29. The Balaban J connectivity index is 1.60. The molecule has 0 fully saturated rings. The summed E-state index contributed by atoms with van der Waals surface area (Å²) in [6.07, 6.45) is 1.55. The van der Waals surface area contributed by atoms with Crippen molar-refractivity contribution in [3.63, 3.8) is 0 Å². The second-order valence-corrected chi connectivity index (χ2v) is 7.34. The Labute approximate surface area is 181 Å². The molecule has 0 saturated carbocycles. The number of thiazole rings is 1. The SMILES string of the molecule is COc1cc(/C=N/NC(=O)Cc2csc(N)n2)ccc1OCc1c(F)cccc1Cl. The smallest absolute Gasteiger partial charge is 0.246 e. The first-order valence-corrected chi connectivity index (χ1v) is 9.97. The summed E-state index contributed by atoms with van der Waals surface area (Å²) < 4.78 is 24.9. The van der Waals surface area contributed by atoms with Crippen molar-refractivity contribution in [2.24, 2.45) is 5.10 Å². The maximum Gasteiger partial charge on any atom is 0.246 e. The summed E-state index contributed by atoms with van der Waals surface area (Å²) in [6, 6.07) is 9.50. The molecule has 7 nitrogen and oxygen atoms in total. The number of anilines is 1. The molecule has 0 aliphatic carbocycles. The molecule has 3 rings (SSSR count). The van der Waals surface area contributed by atoms with Gasteiger partial charge >= 0.3 is 0 Å². The number of hydrogen-bond donors (Lipinski definition) is 2. The van der Waals surface area contributed by atoms with Crippen LogP contribution in [-0.4, -0.2) is 24.2 Å². The number of nitrogens with two attached hydrogens (primary N) is 1. The van der Waals surface area contributed by atoms with Crippen LogP contribution in [0.15, 0.2) is 46.9 Å². The highest BCUT2D eigenvalue weighted by molar-refractivity contribution is 7.13. The number of amides is 1. The van der Waals surface area contributed by atoms with E-state index in [1.54, 1.807) is 29.6 Å². The largest absolute Gasteiger partial charge is 0.493 e. The van der Waals surface area contributed by atoms with Crippen LogP contribution in [0.1, 0.15) is 16.8 Å². The first-order chi connectivity index (χ1) is 14.5. The van der Waals surface area contributed by atoms with Gasteiger partial charge in [-0.25, -0.2) is 14.8 Å². The fourth-order valence-corrected chi connectivity index (χ4v) is 3.27. The molecule has 1 aromatic heterocycles. The zero-order valence-electron chi connectivity index (χ0n) is 15.9. The molecule has 0 aliphatic heterocycles. The van der Waals surface area contributed by atoms with Crippen molar-refractivity contribution in [1.82, 2.24) is 10.4 Å². The normalized spacial score (nSPS) is 10.9. The summed E-state index contributed by atoms with van der Waals surface area (Å²) >= 11 is 7.29. The Kier molecular flexibility index (Phi) is 7.21. The van der Waals surface area contributed by atoms with E-state index < -0.39 is 5.82 Å². The molecule has 0 atom stereocenters. The van der Waals surface area contributed by atoms with Crippen molar-refractivity contribution in [3.8, 4) is 11.5 Å². The summed E-state index contributed by atoms with van der Waals surface area (Å²) in [7, 11) is 1.49. The fourth-order valence-electron chi connectivity index (χ4n) is 2.49. The van der Waals surface area contributed by atoms with Crippen LogP contribution < -0.4 is 20.6 Å². The van der Waals surface area contributed by atoms with E-state index in [1.807, 2.05) is 0 Å². The highest BCUT2D eigenvalue weighted by Gasteiger charge is 2.11. The van der Waals surface area contributed by atoms with Crippen LogP contribution in [0, 0.1) is 5.82 Å². The number of halogens is 2. The molecule has 0 aliphatic rings. The topological polar surface area (TPSA) is 98.8 Å². The number of carbonyl (C=O) groups is 1. The number of hydrogen-bond acceptors (Lipinski definition) is 7. The molecule has 0 spiro atoms. The Morgan fingerprint density at radius 2 is 2.20 bits per heavy atom. The molecule has 156 valence electrons. The maximum atomic E-state index is 13.9. The summed E-state index contributed by atoms with van der Waals surface area (Å²) in [5.41, 5.74) is 9.48. The molecule has 1 heterocycles.